The Labute approximate surface area is 97.4 Å². The third-order valence-electron chi connectivity index (χ3n) is 2.46. The Kier molecular flexibility index (Phi) is 9.76. The molecule has 0 saturated carbocycles. The van der Waals surface area contributed by atoms with Crippen molar-refractivity contribution in [2.45, 2.75) is 58.3 Å². The first-order valence-corrected chi connectivity index (χ1v) is 6.15. The summed E-state index contributed by atoms with van der Waals surface area (Å²) < 4.78 is 0. The van der Waals surface area contributed by atoms with Gasteiger partial charge in [-0.1, -0.05) is 32.6 Å². The van der Waals surface area contributed by atoms with E-state index < -0.39 is 5.97 Å². The van der Waals surface area contributed by atoms with Crippen molar-refractivity contribution < 1.29 is 14.7 Å². The molecule has 0 atom stereocenters. The maximum Gasteiger partial charge on any atom is 0.303 e. The van der Waals surface area contributed by atoms with Crippen LogP contribution in [0.25, 0.3) is 0 Å². The summed E-state index contributed by atoms with van der Waals surface area (Å²) in [6, 6.07) is 0. The number of rotatable bonds is 10. The van der Waals surface area contributed by atoms with E-state index in [1.807, 2.05) is 6.92 Å². The number of carbonyl (C=O) groups excluding carboxylic acids is 1. The monoisotopic (exact) mass is 229 g/mol. The molecule has 0 rings (SSSR count). The molecule has 1 amide bonds. The number of unbranched alkanes of at least 4 members (excludes halogenated alkanes) is 5. The Morgan fingerprint density at radius 3 is 2.12 bits per heavy atom. The fraction of sp³-hybridized carbons (Fsp3) is 0.833. The van der Waals surface area contributed by atoms with Crippen molar-refractivity contribution in [1.29, 1.82) is 0 Å². The Morgan fingerprint density at radius 2 is 1.56 bits per heavy atom. The van der Waals surface area contributed by atoms with Crippen LogP contribution in [0.4, 0.5) is 0 Å². The molecule has 0 heterocycles. The molecule has 0 radical (unpaired) electrons. The van der Waals surface area contributed by atoms with Crippen molar-refractivity contribution in [3.05, 3.63) is 0 Å². The molecule has 0 bridgehead atoms. The number of aliphatic carboxylic acids is 1. The normalized spacial score (nSPS) is 10.1. The maximum absolute atomic E-state index is 10.9. The lowest BCUT2D eigenvalue weighted by Crippen LogP contribution is -2.23. The van der Waals surface area contributed by atoms with Crippen LogP contribution in [-0.4, -0.2) is 23.5 Å². The summed E-state index contributed by atoms with van der Waals surface area (Å²) in [7, 11) is 0. The number of hydrogen-bond acceptors (Lipinski definition) is 2. The zero-order valence-corrected chi connectivity index (χ0v) is 10.1. The zero-order valence-electron chi connectivity index (χ0n) is 10.1. The van der Waals surface area contributed by atoms with Gasteiger partial charge in [-0.05, 0) is 12.8 Å². The van der Waals surface area contributed by atoms with Gasteiger partial charge in [0.25, 0.3) is 0 Å². The summed E-state index contributed by atoms with van der Waals surface area (Å²) in [6.07, 6.45) is 6.95. The summed E-state index contributed by atoms with van der Waals surface area (Å²) in [6.45, 7) is 2.61. The van der Waals surface area contributed by atoms with E-state index in [1.54, 1.807) is 0 Å². The largest absolute Gasteiger partial charge is 0.481 e. The van der Waals surface area contributed by atoms with E-state index in [9.17, 15) is 9.59 Å². The standard InChI is InChI=1S/C12H23NO3/c1-2-11(14)13-10-8-6-4-3-5-7-9-12(15)16/h2-10H2,1H3,(H,13,14)(H,15,16). The highest BCUT2D eigenvalue weighted by Crippen LogP contribution is 2.06. The molecule has 0 unspecified atom stereocenters. The molecule has 0 fully saturated rings. The van der Waals surface area contributed by atoms with Crippen LogP contribution in [0.5, 0.6) is 0 Å². The minimum Gasteiger partial charge on any atom is -0.481 e. The Morgan fingerprint density at radius 1 is 1.00 bits per heavy atom. The molecule has 0 aromatic rings. The SMILES string of the molecule is CCC(=O)NCCCCCCCCC(=O)O. The summed E-state index contributed by atoms with van der Waals surface area (Å²) in [5.74, 6) is -0.594. The highest BCUT2D eigenvalue weighted by Gasteiger charge is 1.97. The Bertz CT molecular complexity index is 204. The molecule has 4 nitrogen and oxygen atoms in total. The summed E-state index contributed by atoms with van der Waals surface area (Å²) >= 11 is 0. The zero-order chi connectivity index (χ0) is 12.2. The average Bonchev–Trinajstić information content (AvgIpc) is 2.26. The summed E-state index contributed by atoms with van der Waals surface area (Å²) in [5, 5.41) is 11.3. The highest BCUT2D eigenvalue weighted by molar-refractivity contribution is 5.75. The summed E-state index contributed by atoms with van der Waals surface area (Å²) in [4.78, 5) is 21.1. The van der Waals surface area contributed by atoms with Gasteiger partial charge in [-0.25, -0.2) is 0 Å². The third kappa shape index (κ3) is 11.0. The smallest absolute Gasteiger partial charge is 0.303 e. The quantitative estimate of drug-likeness (QED) is 0.565. The van der Waals surface area contributed by atoms with Crippen LogP contribution in [0, 0.1) is 0 Å². The van der Waals surface area contributed by atoms with Gasteiger partial charge in [-0.3, -0.25) is 9.59 Å². The minimum absolute atomic E-state index is 0.112. The Balaban J connectivity index is 3.04. The first-order chi connectivity index (χ1) is 7.66. The van der Waals surface area contributed by atoms with E-state index in [-0.39, 0.29) is 12.3 Å². The van der Waals surface area contributed by atoms with Crippen molar-refractivity contribution >= 4 is 11.9 Å². The predicted octanol–water partition coefficient (Wildman–Crippen LogP) is 2.33. The van der Waals surface area contributed by atoms with Crippen LogP contribution < -0.4 is 5.32 Å². The molecule has 0 aromatic carbocycles. The number of amides is 1. The fourth-order valence-electron chi connectivity index (χ4n) is 1.46. The number of nitrogens with one attached hydrogen (secondary N) is 1. The molecule has 16 heavy (non-hydrogen) atoms. The molecule has 0 spiro atoms. The van der Waals surface area contributed by atoms with Gasteiger partial charge in [0, 0.05) is 19.4 Å². The van der Waals surface area contributed by atoms with E-state index in [1.165, 1.54) is 0 Å². The number of carboxylic acids is 1. The van der Waals surface area contributed by atoms with E-state index in [2.05, 4.69) is 5.32 Å². The molecule has 0 aliphatic rings. The van der Waals surface area contributed by atoms with Gasteiger partial charge in [0.1, 0.15) is 0 Å². The molecule has 0 aliphatic heterocycles. The van der Waals surface area contributed by atoms with Gasteiger partial charge in [-0.15, -0.1) is 0 Å². The van der Waals surface area contributed by atoms with Gasteiger partial charge >= 0.3 is 5.97 Å². The first-order valence-electron chi connectivity index (χ1n) is 6.15. The van der Waals surface area contributed by atoms with Crippen molar-refractivity contribution in [2.75, 3.05) is 6.54 Å². The minimum atomic E-state index is -0.706. The van der Waals surface area contributed by atoms with Gasteiger partial charge in [-0.2, -0.15) is 0 Å². The van der Waals surface area contributed by atoms with Gasteiger partial charge in [0.2, 0.25) is 5.91 Å². The van der Waals surface area contributed by atoms with E-state index in [0.29, 0.717) is 6.42 Å². The van der Waals surface area contributed by atoms with Crippen molar-refractivity contribution in [3.8, 4) is 0 Å². The molecular weight excluding hydrogens is 206 g/mol. The van der Waals surface area contributed by atoms with Gasteiger partial charge < -0.3 is 10.4 Å². The molecular formula is C12H23NO3. The topological polar surface area (TPSA) is 66.4 Å². The van der Waals surface area contributed by atoms with Crippen molar-refractivity contribution in [1.82, 2.24) is 5.32 Å². The van der Waals surface area contributed by atoms with E-state index in [0.717, 1.165) is 45.1 Å². The predicted molar refractivity (Wildman–Crippen MR) is 63.3 cm³/mol. The van der Waals surface area contributed by atoms with Crippen LogP contribution in [-0.2, 0) is 9.59 Å². The number of carbonyl (C=O) groups is 2. The molecule has 2 N–H and O–H groups in total. The van der Waals surface area contributed by atoms with E-state index >= 15 is 0 Å². The van der Waals surface area contributed by atoms with Gasteiger partial charge in [0.05, 0.1) is 0 Å². The highest BCUT2D eigenvalue weighted by atomic mass is 16.4. The summed E-state index contributed by atoms with van der Waals surface area (Å²) in [5.41, 5.74) is 0. The third-order valence-corrected chi connectivity index (χ3v) is 2.46. The number of carboxylic acid groups (broad SMARTS) is 1. The maximum atomic E-state index is 10.9. The fourth-order valence-corrected chi connectivity index (χ4v) is 1.46. The lowest BCUT2D eigenvalue weighted by atomic mass is 10.1. The van der Waals surface area contributed by atoms with Crippen molar-refractivity contribution in [2.24, 2.45) is 0 Å². The second kappa shape index (κ2) is 10.5. The van der Waals surface area contributed by atoms with Gasteiger partial charge in [0.15, 0.2) is 0 Å². The molecule has 0 saturated heterocycles. The molecule has 4 heteroatoms. The van der Waals surface area contributed by atoms with E-state index in [4.69, 9.17) is 5.11 Å². The average molecular weight is 229 g/mol. The lowest BCUT2D eigenvalue weighted by Gasteiger charge is -2.03. The molecule has 94 valence electrons. The lowest BCUT2D eigenvalue weighted by molar-refractivity contribution is -0.137. The number of hydrogen-bond donors (Lipinski definition) is 2. The molecule has 0 aliphatic carbocycles. The van der Waals surface area contributed by atoms with Crippen LogP contribution in [0.3, 0.4) is 0 Å². The molecule has 0 aromatic heterocycles. The first kappa shape index (κ1) is 14.9. The van der Waals surface area contributed by atoms with Crippen LogP contribution in [0.1, 0.15) is 58.3 Å². The van der Waals surface area contributed by atoms with Crippen molar-refractivity contribution in [3.63, 3.8) is 0 Å². The van der Waals surface area contributed by atoms with Crippen LogP contribution >= 0.6 is 0 Å². The second-order valence-electron chi connectivity index (χ2n) is 3.97. The second-order valence-corrected chi connectivity index (χ2v) is 3.97. The van der Waals surface area contributed by atoms with Crippen LogP contribution in [0.2, 0.25) is 0 Å². The Hall–Kier alpha value is -1.06. The van der Waals surface area contributed by atoms with Crippen LogP contribution in [0.15, 0.2) is 0 Å².